The number of esters is 1. The first kappa shape index (κ1) is 44.8. The molecule has 0 saturated carbocycles. The Morgan fingerprint density at radius 2 is 1.51 bits per heavy atom. The lowest BCUT2D eigenvalue weighted by Gasteiger charge is -2.51. The van der Waals surface area contributed by atoms with Crippen LogP contribution in [0.15, 0.2) is 103 Å². The summed E-state index contributed by atoms with van der Waals surface area (Å²) in [5, 5.41) is 0. The molecule has 11 nitrogen and oxygen atoms in total. The second-order valence-electron chi connectivity index (χ2n) is 14.3. The van der Waals surface area contributed by atoms with Crippen molar-refractivity contribution < 1.29 is 52.2 Å². The SMILES string of the molecule is CCS[C@@H](C[C@@H](OCc1ccccc1)[C@]1(C)O[C@H](COCc2ccccc2)[C@@H](OCc2ccccc2)C[C@H]1O/C=C/C(=O)OC)O[C@H]1CCCO[C@@H]1COCOC. The largest absolute Gasteiger partial charge is 0.495 e. The second kappa shape index (κ2) is 24.6. The standard InChI is InChI=1S/C45H60O11S/c1-5-57-44(55-37-22-15-24-51-39(37)31-50-33-47-3)27-42(54-30-36-20-13-8-14-21-36)45(2)41(52-25-23-43(46)48-4)26-38(53-29-35-18-11-7-12-19-35)40(56-45)32-49-28-34-16-9-6-10-17-34/h6-14,16-21,23,25,37-42,44H,5,15,22,24,26-33H2,1-4H3/b25-23+/t37-,38-,39+,40+,41+,42+,44-,45+/m0/s1. The maximum atomic E-state index is 12.2. The molecule has 3 aromatic rings. The Morgan fingerprint density at radius 3 is 2.16 bits per heavy atom. The maximum absolute atomic E-state index is 12.2. The molecule has 0 radical (unpaired) electrons. The zero-order valence-electron chi connectivity index (χ0n) is 33.7. The molecule has 0 amide bonds. The summed E-state index contributed by atoms with van der Waals surface area (Å²) in [5.41, 5.74) is 1.77. The fourth-order valence-corrected chi connectivity index (χ4v) is 8.00. The number of thioether (sulfide) groups is 1. The van der Waals surface area contributed by atoms with Crippen molar-refractivity contribution in [1.82, 2.24) is 0 Å². The van der Waals surface area contributed by atoms with Crippen molar-refractivity contribution in [3.63, 3.8) is 0 Å². The highest BCUT2D eigenvalue weighted by atomic mass is 32.2. The van der Waals surface area contributed by atoms with Crippen molar-refractivity contribution >= 4 is 17.7 Å². The quantitative estimate of drug-likeness (QED) is 0.0292. The average molecular weight is 809 g/mol. The monoisotopic (exact) mass is 808 g/mol. The van der Waals surface area contributed by atoms with E-state index in [1.165, 1.54) is 19.4 Å². The molecular weight excluding hydrogens is 749 g/mol. The van der Waals surface area contributed by atoms with Crippen LogP contribution in [-0.4, -0.2) is 100 Å². The number of hydrogen-bond donors (Lipinski definition) is 0. The third-order valence-corrected chi connectivity index (χ3v) is 11.1. The summed E-state index contributed by atoms with van der Waals surface area (Å²) in [6.45, 7) is 6.75. The van der Waals surface area contributed by atoms with E-state index in [4.69, 9.17) is 47.4 Å². The fourth-order valence-electron chi connectivity index (χ4n) is 7.10. The number of rotatable bonds is 24. The minimum Gasteiger partial charge on any atom is -0.495 e. The smallest absolute Gasteiger partial charge is 0.333 e. The van der Waals surface area contributed by atoms with Crippen LogP contribution >= 0.6 is 11.8 Å². The second-order valence-corrected chi connectivity index (χ2v) is 15.7. The van der Waals surface area contributed by atoms with Crippen molar-refractivity contribution in [3.05, 3.63) is 120 Å². The summed E-state index contributed by atoms with van der Waals surface area (Å²) in [4.78, 5) is 12.2. The van der Waals surface area contributed by atoms with Crippen LogP contribution in [0.3, 0.4) is 0 Å². The highest BCUT2D eigenvalue weighted by Gasteiger charge is 2.53. The van der Waals surface area contributed by atoms with Crippen LogP contribution in [0, 0.1) is 0 Å². The molecule has 57 heavy (non-hydrogen) atoms. The van der Waals surface area contributed by atoms with Crippen molar-refractivity contribution in [3.8, 4) is 0 Å². The lowest BCUT2D eigenvalue weighted by atomic mass is 9.82. The van der Waals surface area contributed by atoms with Crippen LogP contribution in [0.5, 0.6) is 0 Å². The van der Waals surface area contributed by atoms with Gasteiger partial charge in [-0.1, -0.05) is 97.9 Å². The molecule has 2 fully saturated rings. The van der Waals surface area contributed by atoms with E-state index in [0.29, 0.717) is 45.9 Å². The third-order valence-electron chi connectivity index (χ3n) is 10.1. The predicted molar refractivity (Wildman–Crippen MR) is 218 cm³/mol. The summed E-state index contributed by atoms with van der Waals surface area (Å²) in [6.07, 6.45) is 2.83. The minimum atomic E-state index is -1.07. The highest BCUT2D eigenvalue weighted by molar-refractivity contribution is 7.99. The van der Waals surface area contributed by atoms with Gasteiger partial charge in [-0.15, -0.1) is 11.8 Å². The van der Waals surface area contributed by atoms with Crippen molar-refractivity contribution in [2.24, 2.45) is 0 Å². The van der Waals surface area contributed by atoms with E-state index in [-0.39, 0.29) is 31.0 Å². The van der Waals surface area contributed by atoms with E-state index < -0.39 is 36.0 Å². The predicted octanol–water partition coefficient (Wildman–Crippen LogP) is 7.65. The van der Waals surface area contributed by atoms with Gasteiger partial charge in [-0.05, 0) is 42.2 Å². The van der Waals surface area contributed by atoms with E-state index in [2.05, 4.69) is 6.92 Å². The Kier molecular flexibility index (Phi) is 19.3. The van der Waals surface area contributed by atoms with Crippen LogP contribution in [0.1, 0.15) is 56.2 Å². The molecule has 2 saturated heterocycles. The highest BCUT2D eigenvalue weighted by Crippen LogP contribution is 2.41. The van der Waals surface area contributed by atoms with Gasteiger partial charge in [0.05, 0.1) is 70.8 Å². The maximum Gasteiger partial charge on any atom is 0.333 e. The number of hydrogen-bond acceptors (Lipinski definition) is 12. The van der Waals surface area contributed by atoms with Crippen LogP contribution in [0.2, 0.25) is 0 Å². The summed E-state index contributed by atoms with van der Waals surface area (Å²) in [6, 6.07) is 30.2. The van der Waals surface area contributed by atoms with Crippen LogP contribution in [0.25, 0.3) is 0 Å². The molecule has 2 aliphatic rings. The molecule has 0 aromatic heterocycles. The van der Waals surface area contributed by atoms with Gasteiger partial charge >= 0.3 is 5.97 Å². The number of ether oxygens (including phenoxy) is 10. The van der Waals surface area contributed by atoms with E-state index in [1.54, 1.807) is 18.9 Å². The first-order valence-electron chi connectivity index (χ1n) is 19.9. The van der Waals surface area contributed by atoms with Gasteiger partial charge in [-0.3, -0.25) is 0 Å². The van der Waals surface area contributed by atoms with Crippen molar-refractivity contribution in [2.75, 3.05) is 46.6 Å². The van der Waals surface area contributed by atoms with Gasteiger partial charge in [0.2, 0.25) is 0 Å². The van der Waals surface area contributed by atoms with Crippen molar-refractivity contribution in [2.45, 2.75) is 107 Å². The Balaban J connectivity index is 1.46. The van der Waals surface area contributed by atoms with Crippen LogP contribution in [-0.2, 0) is 72.0 Å². The average Bonchev–Trinajstić information content (AvgIpc) is 3.24. The first-order valence-corrected chi connectivity index (χ1v) is 20.9. The van der Waals surface area contributed by atoms with Gasteiger partial charge in [-0.25, -0.2) is 4.79 Å². The van der Waals surface area contributed by atoms with E-state index in [9.17, 15) is 4.79 Å². The van der Waals surface area contributed by atoms with E-state index in [0.717, 1.165) is 35.3 Å². The normalized spacial score (nSPS) is 24.9. The Bertz CT molecular complexity index is 1570. The molecule has 0 bridgehead atoms. The molecule has 8 atom stereocenters. The summed E-state index contributed by atoms with van der Waals surface area (Å²) in [7, 11) is 2.94. The van der Waals surface area contributed by atoms with E-state index in [1.807, 2.05) is 97.9 Å². The minimum absolute atomic E-state index is 0.181. The van der Waals surface area contributed by atoms with Crippen LogP contribution < -0.4 is 0 Å². The Hall–Kier alpha value is -3.30. The molecule has 0 aliphatic carbocycles. The van der Waals surface area contributed by atoms with Crippen LogP contribution in [0.4, 0.5) is 0 Å². The zero-order chi connectivity index (χ0) is 40.1. The Morgan fingerprint density at radius 1 is 0.860 bits per heavy atom. The van der Waals surface area contributed by atoms with Gasteiger partial charge in [0.25, 0.3) is 0 Å². The molecule has 0 N–H and O–H groups in total. The number of carbonyl (C=O) groups excluding carboxylic acids is 1. The van der Waals surface area contributed by atoms with Gasteiger partial charge in [-0.2, -0.15) is 0 Å². The van der Waals surface area contributed by atoms with E-state index >= 15 is 0 Å². The number of methoxy groups -OCH3 is 2. The number of carbonyl (C=O) groups is 1. The molecule has 0 unspecified atom stereocenters. The van der Waals surface area contributed by atoms with Gasteiger partial charge in [0.1, 0.15) is 36.1 Å². The molecule has 3 aromatic carbocycles. The lowest BCUT2D eigenvalue weighted by Crippen LogP contribution is -2.63. The molecule has 0 spiro atoms. The third kappa shape index (κ3) is 14.5. The fraction of sp³-hybridized carbons (Fsp3) is 0.533. The first-order chi connectivity index (χ1) is 27.9. The van der Waals surface area contributed by atoms with Gasteiger partial charge in [0, 0.05) is 26.6 Å². The topological polar surface area (TPSA) is 109 Å². The summed E-state index contributed by atoms with van der Waals surface area (Å²) >= 11 is 1.71. The lowest BCUT2D eigenvalue weighted by molar-refractivity contribution is -0.281. The molecule has 312 valence electrons. The van der Waals surface area contributed by atoms with Gasteiger partial charge < -0.3 is 47.4 Å². The summed E-state index contributed by atoms with van der Waals surface area (Å²) in [5.74, 6) is 0.292. The summed E-state index contributed by atoms with van der Waals surface area (Å²) < 4.78 is 62.4. The molecule has 2 aliphatic heterocycles. The molecule has 5 rings (SSSR count). The zero-order valence-corrected chi connectivity index (χ0v) is 34.6. The Labute approximate surface area is 342 Å². The van der Waals surface area contributed by atoms with Gasteiger partial charge in [0.15, 0.2) is 0 Å². The number of benzene rings is 3. The van der Waals surface area contributed by atoms with Crippen molar-refractivity contribution in [1.29, 1.82) is 0 Å². The molecular formula is C45H60O11S. The molecule has 12 heteroatoms. The molecule has 2 heterocycles.